The number of likely N-dealkylation sites (tertiary alicyclic amines) is 1. The number of carbonyl (C=O) groups is 2. The lowest BCUT2D eigenvalue weighted by Gasteiger charge is -2.37. The van der Waals surface area contributed by atoms with E-state index in [1.54, 1.807) is 37.3 Å². The molecule has 0 aromatic heterocycles. The minimum Gasteiger partial charge on any atom is -0.497 e. The highest BCUT2D eigenvalue weighted by Gasteiger charge is 2.31. The first-order chi connectivity index (χ1) is 16.2. The fraction of sp³-hybridized carbons (Fsp3) is 0.417. The summed E-state index contributed by atoms with van der Waals surface area (Å²) >= 11 is 0. The molecule has 4 rings (SSSR count). The van der Waals surface area contributed by atoms with Crippen LogP contribution in [-0.4, -0.2) is 81.5 Å². The first-order valence-electron chi connectivity index (χ1n) is 11.1. The van der Waals surface area contributed by atoms with Gasteiger partial charge in [0.05, 0.1) is 36.3 Å². The zero-order valence-electron chi connectivity index (χ0n) is 19.3. The molecular formula is C24H31N3O6S. The summed E-state index contributed by atoms with van der Waals surface area (Å²) in [7, 11) is 0.201. The van der Waals surface area contributed by atoms with Crippen LogP contribution in [0.1, 0.15) is 23.6 Å². The van der Waals surface area contributed by atoms with E-state index in [1.165, 1.54) is 0 Å². The number of amides is 2. The maximum absolute atomic E-state index is 13.1. The van der Waals surface area contributed by atoms with E-state index in [4.69, 9.17) is 4.74 Å². The summed E-state index contributed by atoms with van der Waals surface area (Å²) in [6.45, 7) is 1.71. The molecule has 9 nitrogen and oxygen atoms in total. The van der Waals surface area contributed by atoms with E-state index in [-0.39, 0.29) is 30.2 Å². The summed E-state index contributed by atoms with van der Waals surface area (Å²) in [5, 5.41) is 12.7. The molecule has 0 radical (unpaired) electrons. The third-order valence-corrected chi connectivity index (χ3v) is 8.07. The van der Waals surface area contributed by atoms with Gasteiger partial charge in [-0.1, -0.05) is 18.2 Å². The largest absolute Gasteiger partial charge is 0.497 e. The van der Waals surface area contributed by atoms with Crippen molar-refractivity contribution in [2.75, 3.05) is 44.9 Å². The van der Waals surface area contributed by atoms with Crippen molar-refractivity contribution in [2.24, 2.45) is 0 Å². The Bertz CT molecular complexity index is 1080. The van der Waals surface area contributed by atoms with E-state index in [0.29, 0.717) is 35.7 Å². The van der Waals surface area contributed by atoms with Crippen molar-refractivity contribution in [2.45, 2.75) is 29.9 Å². The zero-order valence-corrected chi connectivity index (χ0v) is 20.1. The van der Waals surface area contributed by atoms with Gasteiger partial charge in [0.1, 0.15) is 11.5 Å². The molecule has 2 aliphatic rings. The van der Waals surface area contributed by atoms with Gasteiger partial charge in [0, 0.05) is 26.7 Å². The van der Waals surface area contributed by atoms with Crippen LogP contribution in [0.5, 0.6) is 5.75 Å². The Hall–Kier alpha value is -2.63. The summed E-state index contributed by atoms with van der Waals surface area (Å²) in [6, 6.07) is 12.5. The van der Waals surface area contributed by atoms with Crippen LogP contribution < -0.4 is 10.1 Å². The molecule has 0 bridgehead atoms. The Balaban J connectivity index is 1.49. The average Bonchev–Trinajstić information content (AvgIpc) is 3.22. The fourth-order valence-corrected chi connectivity index (χ4v) is 5.86. The van der Waals surface area contributed by atoms with E-state index in [1.807, 2.05) is 24.3 Å². The smallest absolute Gasteiger partial charge is 0.244 e. The Labute approximate surface area is 200 Å². The Morgan fingerprint density at radius 1 is 1.29 bits per heavy atom. The first kappa shape index (κ1) is 24.5. The lowest BCUT2D eigenvalue weighted by atomic mass is 10.0. The standard InChI is InChI=1S/C24H31N3O6S/c1-26(14-21(27-9-8-18(28)13-27)17-4-3-5-19(12-17)33-2)24(30)11-16-6-7-22-20(10-16)25-23(29)15-34(22,31)32/h3-7,10,12,18,21,28,31-32H,8-9,11,13-15H2,1-2H3,(H,25,29)/t18-,21-/m0/s1. The number of nitrogens with one attached hydrogen (secondary N) is 1. The number of fused-ring (bicyclic) bond motifs is 1. The van der Waals surface area contributed by atoms with Crippen molar-refractivity contribution in [1.29, 1.82) is 0 Å². The molecule has 0 saturated carbocycles. The Morgan fingerprint density at radius 3 is 2.79 bits per heavy atom. The first-order valence-corrected chi connectivity index (χ1v) is 12.9. The third kappa shape index (κ3) is 5.37. The van der Waals surface area contributed by atoms with Crippen molar-refractivity contribution in [3.8, 4) is 5.75 Å². The molecule has 1 fully saturated rings. The van der Waals surface area contributed by atoms with Gasteiger partial charge >= 0.3 is 0 Å². The number of aliphatic hydroxyl groups is 1. The van der Waals surface area contributed by atoms with Crippen LogP contribution in [0.4, 0.5) is 5.69 Å². The fourth-order valence-electron chi connectivity index (χ4n) is 4.52. The monoisotopic (exact) mass is 489 g/mol. The van der Waals surface area contributed by atoms with Crippen LogP contribution in [0.25, 0.3) is 0 Å². The maximum Gasteiger partial charge on any atom is 0.244 e. The summed E-state index contributed by atoms with van der Waals surface area (Å²) in [4.78, 5) is 29.1. The van der Waals surface area contributed by atoms with Gasteiger partial charge in [-0.05, 0) is 41.8 Å². The molecule has 2 aliphatic heterocycles. The molecule has 34 heavy (non-hydrogen) atoms. The number of carbonyl (C=O) groups excluding carboxylic acids is 2. The summed E-state index contributed by atoms with van der Waals surface area (Å²) in [5.74, 6) is -0.181. The van der Waals surface area contributed by atoms with Crippen LogP contribution in [-0.2, 0) is 16.0 Å². The van der Waals surface area contributed by atoms with E-state index < -0.39 is 16.5 Å². The molecule has 4 N–H and O–H groups in total. The number of β-amino-alcohol motifs (C(OH)–C–C–N with tert-alkyl or cyclic N) is 1. The number of benzene rings is 2. The number of aliphatic hydroxyl groups excluding tert-OH is 1. The number of methoxy groups -OCH3 is 1. The van der Waals surface area contributed by atoms with Crippen LogP contribution in [0, 0.1) is 0 Å². The van der Waals surface area contributed by atoms with E-state index >= 15 is 0 Å². The number of anilines is 1. The molecule has 10 heteroatoms. The molecule has 2 heterocycles. The Morgan fingerprint density at radius 2 is 2.09 bits per heavy atom. The average molecular weight is 490 g/mol. The van der Waals surface area contributed by atoms with Crippen LogP contribution in [0.2, 0.25) is 0 Å². The van der Waals surface area contributed by atoms with Gasteiger partial charge in [-0.25, -0.2) is 0 Å². The number of likely N-dealkylation sites (N-methyl/N-ethyl adjacent to an activating group) is 1. The predicted octanol–water partition coefficient (Wildman–Crippen LogP) is 2.57. The third-order valence-electron chi connectivity index (χ3n) is 6.34. The molecular weight excluding hydrogens is 458 g/mol. The molecule has 1 saturated heterocycles. The van der Waals surface area contributed by atoms with Gasteiger partial charge in [-0.3, -0.25) is 23.6 Å². The number of ether oxygens (including phenoxy) is 1. The molecule has 0 unspecified atom stereocenters. The molecule has 2 amide bonds. The minimum absolute atomic E-state index is 0.1000. The van der Waals surface area contributed by atoms with Gasteiger partial charge in [0.2, 0.25) is 11.8 Å². The second-order valence-electron chi connectivity index (χ2n) is 8.87. The van der Waals surface area contributed by atoms with E-state index in [0.717, 1.165) is 17.9 Å². The van der Waals surface area contributed by atoms with Gasteiger partial charge < -0.3 is 20.1 Å². The zero-order chi connectivity index (χ0) is 24.5. The number of nitrogens with zero attached hydrogens (tertiary/aromatic N) is 2. The molecule has 2 aromatic rings. The van der Waals surface area contributed by atoms with Crippen molar-refractivity contribution < 1.29 is 28.5 Å². The van der Waals surface area contributed by atoms with Crippen LogP contribution in [0.3, 0.4) is 0 Å². The number of rotatable bonds is 7. The van der Waals surface area contributed by atoms with Crippen molar-refractivity contribution >= 4 is 28.1 Å². The topological polar surface area (TPSA) is 123 Å². The highest BCUT2D eigenvalue weighted by atomic mass is 32.3. The van der Waals surface area contributed by atoms with Crippen molar-refractivity contribution in [3.63, 3.8) is 0 Å². The quantitative estimate of drug-likeness (QED) is 0.471. The predicted molar refractivity (Wildman–Crippen MR) is 130 cm³/mol. The molecule has 2 aromatic carbocycles. The van der Waals surface area contributed by atoms with Gasteiger partial charge in [-0.2, -0.15) is 10.6 Å². The molecule has 0 spiro atoms. The second kappa shape index (κ2) is 9.93. The van der Waals surface area contributed by atoms with Crippen molar-refractivity contribution in [3.05, 3.63) is 53.6 Å². The number of hydrogen-bond donors (Lipinski definition) is 4. The normalized spacial score (nSPS) is 21.3. The van der Waals surface area contributed by atoms with Crippen LogP contribution in [0.15, 0.2) is 47.4 Å². The van der Waals surface area contributed by atoms with Crippen LogP contribution >= 0.6 is 10.6 Å². The van der Waals surface area contributed by atoms with Gasteiger partial charge in [0.25, 0.3) is 0 Å². The van der Waals surface area contributed by atoms with Gasteiger partial charge in [0.15, 0.2) is 0 Å². The summed E-state index contributed by atoms with van der Waals surface area (Å²) < 4.78 is 25.8. The van der Waals surface area contributed by atoms with E-state index in [9.17, 15) is 23.8 Å². The maximum atomic E-state index is 13.1. The highest BCUT2D eigenvalue weighted by Crippen LogP contribution is 2.53. The summed E-state index contributed by atoms with van der Waals surface area (Å²) in [6.07, 6.45) is 0.414. The minimum atomic E-state index is -3.16. The highest BCUT2D eigenvalue weighted by molar-refractivity contribution is 8.25. The SMILES string of the molecule is COc1cccc([C@H](CN(C)C(=O)Cc2ccc3c(c2)NC(=O)CS3(O)O)N2CC[C@H](O)C2)c1. The lowest BCUT2D eigenvalue weighted by Crippen LogP contribution is -2.39. The number of hydrogen-bond acceptors (Lipinski definition) is 7. The lowest BCUT2D eigenvalue weighted by molar-refractivity contribution is -0.130. The molecule has 0 aliphatic carbocycles. The van der Waals surface area contributed by atoms with Crippen molar-refractivity contribution in [1.82, 2.24) is 9.80 Å². The summed E-state index contributed by atoms with van der Waals surface area (Å²) in [5.41, 5.74) is 2.02. The van der Waals surface area contributed by atoms with E-state index in [2.05, 4.69) is 10.2 Å². The molecule has 184 valence electrons. The van der Waals surface area contributed by atoms with Gasteiger partial charge in [-0.15, -0.1) is 0 Å². The molecule has 2 atom stereocenters. The second-order valence-corrected chi connectivity index (χ2v) is 10.9. The Kier molecular flexibility index (Phi) is 7.15.